The molecule has 3 aliphatic heterocycles. The molecule has 3 aliphatic rings. The molecule has 0 aromatic heterocycles. The molecule has 12 N–H and O–H groups in total. The maximum Gasteiger partial charge on any atom is 0.220 e. The second-order valence-corrected chi connectivity index (χ2v) is 31.0. The first-order valence-corrected chi connectivity index (χ1v) is 44.3. The molecule has 3 rings (SSSR count). The van der Waals surface area contributed by atoms with Crippen LogP contribution in [0, 0.1) is 0 Å². The van der Waals surface area contributed by atoms with Crippen LogP contribution in [0.4, 0.5) is 0 Å². The molecule has 0 radical (unpaired) electrons. The molecule has 19 heteroatoms. The summed E-state index contributed by atoms with van der Waals surface area (Å²) in [7, 11) is 0. The number of aliphatic hydroxyl groups is 11. The van der Waals surface area contributed by atoms with Gasteiger partial charge in [-0.2, -0.15) is 0 Å². The van der Waals surface area contributed by atoms with Crippen LogP contribution in [0.5, 0.6) is 0 Å². The predicted octanol–water partition coefficient (Wildman–Crippen LogP) is 16.6. The minimum atomic E-state index is -1.99. The van der Waals surface area contributed by atoms with E-state index < -0.39 is 124 Å². The molecule has 0 aromatic carbocycles. The molecule has 0 aromatic rings. The van der Waals surface area contributed by atoms with Gasteiger partial charge in [0.05, 0.1) is 38.6 Å². The van der Waals surface area contributed by atoms with Gasteiger partial charge in [-0.15, -0.1) is 0 Å². The molecule has 17 atom stereocenters. The Balaban J connectivity index is 1.34. The third-order valence-corrected chi connectivity index (χ3v) is 21.2. The van der Waals surface area contributed by atoms with E-state index in [1.165, 1.54) is 199 Å². The van der Waals surface area contributed by atoms with E-state index in [0.29, 0.717) is 12.8 Å². The largest absolute Gasteiger partial charge is 0.394 e. The third-order valence-electron chi connectivity index (χ3n) is 21.2. The van der Waals surface area contributed by atoms with Crippen molar-refractivity contribution in [2.45, 2.75) is 426 Å². The topological polar surface area (TPSA) is 307 Å². The van der Waals surface area contributed by atoms with Gasteiger partial charge in [0.2, 0.25) is 5.91 Å². The fraction of sp³-hybridized carbons (Fsp3) is 0.772. The highest BCUT2D eigenvalue weighted by atomic mass is 16.8. The lowest BCUT2D eigenvalue weighted by Gasteiger charge is -2.48. The summed E-state index contributed by atoms with van der Waals surface area (Å²) in [5.41, 5.74) is 0. The number of carbonyl (C=O) groups is 1. The predicted molar refractivity (Wildman–Crippen MR) is 447 cm³/mol. The summed E-state index contributed by atoms with van der Waals surface area (Å²) in [4.78, 5) is 13.5. The van der Waals surface area contributed by atoms with E-state index in [1.54, 1.807) is 6.08 Å². The fourth-order valence-corrected chi connectivity index (χ4v) is 14.2. The van der Waals surface area contributed by atoms with E-state index in [-0.39, 0.29) is 18.9 Å². The Hall–Kier alpha value is -3.81. The van der Waals surface area contributed by atoms with Gasteiger partial charge in [-0.05, 0) is 103 Å². The van der Waals surface area contributed by atoms with Gasteiger partial charge in [-0.3, -0.25) is 4.79 Å². The second kappa shape index (κ2) is 70.4. The number of hydrogen-bond acceptors (Lipinski definition) is 18. The smallest absolute Gasteiger partial charge is 0.220 e. The van der Waals surface area contributed by atoms with Crippen molar-refractivity contribution in [2.75, 3.05) is 26.4 Å². The van der Waals surface area contributed by atoms with Crippen molar-refractivity contribution in [1.29, 1.82) is 0 Å². The van der Waals surface area contributed by atoms with Crippen LogP contribution in [0.25, 0.3) is 0 Å². The summed E-state index contributed by atoms with van der Waals surface area (Å²) in [6.45, 7) is 1.63. The first-order valence-electron chi connectivity index (χ1n) is 44.3. The Morgan fingerprint density at radius 2 is 0.631 bits per heavy atom. The molecule has 3 saturated heterocycles. The van der Waals surface area contributed by atoms with E-state index >= 15 is 0 Å². The minimum absolute atomic E-state index is 0.228. The zero-order valence-corrected chi connectivity index (χ0v) is 68.9. The lowest BCUT2D eigenvalue weighted by Crippen LogP contribution is -2.66. The highest BCUT2D eigenvalue weighted by Crippen LogP contribution is 2.33. The lowest BCUT2D eigenvalue weighted by atomic mass is 9.96. The van der Waals surface area contributed by atoms with Crippen LogP contribution in [0.15, 0.2) is 122 Å². The standard InChI is InChI=1S/C92H159NO18/c1-3-5-7-9-11-13-15-17-19-21-23-25-27-29-31-32-33-34-35-36-37-38-39-40-41-42-44-46-48-50-52-54-56-58-60-62-64-66-68-70-80(98)93-75(76(97)69-67-65-63-61-59-57-55-53-51-49-47-45-43-30-28-26-24-22-20-18-16-14-12-10-8-6-4-2)74-106-90-86(104)83(101)88(78(72-95)108-90)111-92-87(105)84(102)89(79(73-96)109-92)110-91-85(103)82(100)81(99)77(71-94)107-91/h5,7,11,13,17,19,23,25,29,31,33-34,36-37,51,53,59,61,67,69,75-79,81-92,94-97,99-105H,3-4,6,8-10,12,14-16,18,20-22,24,26-28,30,32,35,38-50,52,54-58,60,62-66,68,70-74H2,1-2H3,(H,93,98)/b7-5-,13-11-,19-17-,25-23-,31-29-,34-33-,37-36-,53-51+,61-59+,69-67+. The number of rotatable bonds is 70. The molecule has 3 fully saturated rings. The summed E-state index contributed by atoms with van der Waals surface area (Å²) in [6.07, 6.45) is 73.4. The van der Waals surface area contributed by atoms with Gasteiger partial charge in [0.25, 0.3) is 0 Å². The van der Waals surface area contributed by atoms with Crippen molar-refractivity contribution in [2.24, 2.45) is 0 Å². The first-order chi connectivity index (χ1) is 54.3. The van der Waals surface area contributed by atoms with E-state index in [2.05, 4.69) is 129 Å². The van der Waals surface area contributed by atoms with E-state index in [9.17, 15) is 61.0 Å². The average molecular weight is 1570 g/mol. The number of aliphatic hydroxyl groups excluding tert-OH is 11. The number of amides is 1. The van der Waals surface area contributed by atoms with Crippen LogP contribution < -0.4 is 5.32 Å². The fourth-order valence-electron chi connectivity index (χ4n) is 14.2. The molecular formula is C92H159NO18. The zero-order chi connectivity index (χ0) is 80.3. The number of nitrogens with one attached hydrogen (secondary N) is 1. The van der Waals surface area contributed by atoms with Gasteiger partial charge >= 0.3 is 0 Å². The van der Waals surface area contributed by atoms with Crippen molar-refractivity contribution in [3.05, 3.63) is 122 Å². The Morgan fingerprint density at radius 1 is 0.333 bits per heavy atom. The Kier molecular flexibility index (Phi) is 64.3. The van der Waals surface area contributed by atoms with Gasteiger partial charge < -0.3 is 89.9 Å². The minimum Gasteiger partial charge on any atom is -0.394 e. The van der Waals surface area contributed by atoms with Gasteiger partial charge in [-0.25, -0.2) is 0 Å². The summed E-state index contributed by atoms with van der Waals surface area (Å²) < 4.78 is 34.5. The Bertz CT molecular complexity index is 2480. The van der Waals surface area contributed by atoms with Gasteiger partial charge in [0, 0.05) is 6.42 Å². The Labute approximate surface area is 671 Å². The summed E-state index contributed by atoms with van der Waals surface area (Å²) in [6, 6.07) is -1.00. The maximum atomic E-state index is 13.5. The molecule has 19 nitrogen and oxygen atoms in total. The molecule has 111 heavy (non-hydrogen) atoms. The van der Waals surface area contributed by atoms with Crippen molar-refractivity contribution in [3.63, 3.8) is 0 Å². The monoisotopic (exact) mass is 1570 g/mol. The molecular weight excluding hydrogens is 1410 g/mol. The highest BCUT2D eigenvalue weighted by Gasteiger charge is 2.54. The highest BCUT2D eigenvalue weighted by molar-refractivity contribution is 5.76. The Morgan fingerprint density at radius 3 is 1.01 bits per heavy atom. The van der Waals surface area contributed by atoms with Crippen molar-refractivity contribution in [1.82, 2.24) is 5.32 Å². The SMILES string of the molecule is CC/C=C\C/C=C\C/C=C\C/C=C\C/C=C\C/C=C\C/C=C\CCCCCCCCCCCCCCCCCCCC(=O)NC(COC1OC(CO)C(OC2OC(CO)C(OC3OC(CO)C(O)C(O)C3O)C(O)C2O)C(O)C1O)C(O)/C=C/CC/C=C/CC/C=C/CCCCCCCCCCCCCCCCCCC. The summed E-state index contributed by atoms with van der Waals surface area (Å²) in [5, 5.41) is 121. The van der Waals surface area contributed by atoms with Gasteiger partial charge in [0.1, 0.15) is 73.2 Å². The maximum absolute atomic E-state index is 13.5. The number of ether oxygens (including phenoxy) is 6. The molecule has 0 saturated carbocycles. The molecule has 0 aliphatic carbocycles. The number of allylic oxidation sites excluding steroid dienone is 19. The summed E-state index contributed by atoms with van der Waals surface area (Å²) >= 11 is 0. The van der Waals surface area contributed by atoms with E-state index in [1.807, 2.05) is 6.08 Å². The van der Waals surface area contributed by atoms with Crippen LogP contribution in [0.2, 0.25) is 0 Å². The van der Waals surface area contributed by atoms with Gasteiger partial charge in [0.15, 0.2) is 18.9 Å². The zero-order valence-electron chi connectivity index (χ0n) is 68.9. The van der Waals surface area contributed by atoms with Crippen LogP contribution in [-0.4, -0.2) is 193 Å². The number of hydrogen-bond donors (Lipinski definition) is 12. The van der Waals surface area contributed by atoms with E-state index in [0.717, 1.165) is 89.9 Å². The van der Waals surface area contributed by atoms with Gasteiger partial charge in [-0.1, -0.05) is 334 Å². The van der Waals surface area contributed by atoms with Crippen molar-refractivity contribution < 1.29 is 89.4 Å². The van der Waals surface area contributed by atoms with Crippen LogP contribution in [0.3, 0.4) is 0 Å². The molecule has 640 valence electrons. The molecule has 1 amide bonds. The van der Waals surface area contributed by atoms with Crippen molar-refractivity contribution in [3.8, 4) is 0 Å². The average Bonchev–Trinajstić information content (AvgIpc) is 0.780. The lowest BCUT2D eigenvalue weighted by molar-refractivity contribution is -0.379. The number of carbonyl (C=O) groups excluding carboxylic acids is 1. The van der Waals surface area contributed by atoms with Crippen LogP contribution in [-0.2, 0) is 33.2 Å². The summed E-state index contributed by atoms with van der Waals surface area (Å²) in [5.74, 6) is -0.289. The normalized spacial score (nSPS) is 25.6. The molecule has 0 spiro atoms. The second-order valence-electron chi connectivity index (χ2n) is 31.0. The quantitative estimate of drug-likeness (QED) is 0.0199. The van der Waals surface area contributed by atoms with Crippen LogP contribution in [0.1, 0.15) is 322 Å². The van der Waals surface area contributed by atoms with E-state index in [4.69, 9.17) is 28.4 Å². The molecule has 3 heterocycles. The first kappa shape index (κ1) is 101. The molecule has 17 unspecified atom stereocenters. The third kappa shape index (κ3) is 49.1. The van der Waals surface area contributed by atoms with Crippen molar-refractivity contribution >= 4 is 5.91 Å². The molecule has 0 bridgehead atoms. The van der Waals surface area contributed by atoms with Crippen LogP contribution >= 0.6 is 0 Å². The number of unbranched alkanes of at least 4 members (excludes halogenated alkanes) is 36.